The van der Waals surface area contributed by atoms with Crippen LogP contribution in [-0.2, 0) is 16.6 Å². The molecule has 4 rings (SSSR count). The highest BCUT2D eigenvalue weighted by atomic mass is 16.2. The normalized spacial score (nSPS) is 21.3. The topological polar surface area (TPSA) is 82.0 Å². The summed E-state index contributed by atoms with van der Waals surface area (Å²) in [7, 11) is 1.95. The van der Waals surface area contributed by atoms with Gasteiger partial charge in [-0.25, -0.2) is 4.79 Å². The standard InChI is InChI=1S/C18H26N6O3/c1-3-21-10-11-24(17(26)16(21)25)18(27)23-8-6-22(7-9-23)15-12-14(13-4-5-13)19-20(15)2/h12-13H,3-11H2,1-2H3. The lowest BCUT2D eigenvalue weighted by molar-refractivity contribution is -0.153. The van der Waals surface area contributed by atoms with Crippen LogP contribution in [0.3, 0.4) is 0 Å². The number of imide groups is 1. The molecule has 3 heterocycles. The Morgan fingerprint density at radius 2 is 1.78 bits per heavy atom. The number of amides is 4. The summed E-state index contributed by atoms with van der Waals surface area (Å²) in [5, 5.41) is 4.61. The molecule has 0 spiro atoms. The highest BCUT2D eigenvalue weighted by molar-refractivity contribution is 6.38. The fourth-order valence-corrected chi connectivity index (χ4v) is 3.81. The number of likely N-dealkylation sites (N-methyl/N-ethyl adjacent to an activating group) is 1. The molecule has 0 aromatic carbocycles. The lowest BCUT2D eigenvalue weighted by atomic mass is 10.2. The smallest absolute Gasteiger partial charge is 0.327 e. The molecule has 0 radical (unpaired) electrons. The molecular formula is C18H26N6O3. The van der Waals surface area contributed by atoms with E-state index in [1.54, 1.807) is 4.90 Å². The molecule has 0 bridgehead atoms. The van der Waals surface area contributed by atoms with Crippen molar-refractivity contribution < 1.29 is 14.4 Å². The Morgan fingerprint density at radius 1 is 1.07 bits per heavy atom. The van der Waals surface area contributed by atoms with Crippen LogP contribution < -0.4 is 4.90 Å². The number of anilines is 1. The Bertz CT molecular complexity index is 763. The van der Waals surface area contributed by atoms with Crippen LogP contribution in [0.25, 0.3) is 0 Å². The number of nitrogens with zero attached hydrogens (tertiary/aromatic N) is 6. The summed E-state index contributed by atoms with van der Waals surface area (Å²) in [5.74, 6) is 0.388. The van der Waals surface area contributed by atoms with Gasteiger partial charge >= 0.3 is 17.8 Å². The van der Waals surface area contributed by atoms with Gasteiger partial charge in [0.1, 0.15) is 5.82 Å². The van der Waals surface area contributed by atoms with E-state index in [9.17, 15) is 14.4 Å². The number of urea groups is 1. The molecule has 2 aliphatic heterocycles. The maximum absolute atomic E-state index is 12.7. The molecule has 1 aliphatic carbocycles. The molecule has 9 nitrogen and oxygen atoms in total. The van der Waals surface area contributed by atoms with Gasteiger partial charge in [-0.15, -0.1) is 0 Å². The first-order valence-corrected chi connectivity index (χ1v) is 9.68. The predicted molar refractivity (Wildman–Crippen MR) is 98.3 cm³/mol. The van der Waals surface area contributed by atoms with Crippen LogP contribution in [-0.4, -0.2) is 88.1 Å². The van der Waals surface area contributed by atoms with Gasteiger partial charge < -0.3 is 14.7 Å². The van der Waals surface area contributed by atoms with Crippen molar-refractivity contribution >= 4 is 23.7 Å². The predicted octanol–water partition coefficient (Wildman–Crippen LogP) is 0.230. The molecule has 1 saturated carbocycles. The second-order valence-electron chi connectivity index (χ2n) is 7.42. The molecule has 1 aromatic heterocycles. The fraction of sp³-hybridized carbons (Fsp3) is 0.667. The van der Waals surface area contributed by atoms with E-state index in [4.69, 9.17) is 0 Å². The van der Waals surface area contributed by atoms with Gasteiger partial charge in [-0.2, -0.15) is 5.10 Å². The van der Waals surface area contributed by atoms with Crippen LogP contribution in [0, 0.1) is 0 Å². The Labute approximate surface area is 158 Å². The van der Waals surface area contributed by atoms with E-state index in [0.717, 1.165) is 16.4 Å². The summed E-state index contributed by atoms with van der Waals surface area (Å²) >= 11 is 0. The third-order valence-electron chi connectivity index (χ3n) is 5.67. The molecule has 3 aliphatic rings. The second-order valence-corrected chi connectivity index (χ2v) is 7.42. The second kappa shape index (κ2) is 6.86. The molecular weight excluding hydrogens is 348 g/mol. The summed E-state index contributed by atoms with van der Waals surface area (Å²) in [4.78, 5) is 43.5. The Morgan fingerprint density at radius 3 is 2.41 bits per heavy atom. The van der Waals surface area contributed by atoms with Crippen LogP contribution in [0.15, 0.2) is 6.07 Å². The first kappa shape index (κ1) is 17.8. The molecule has 0 N–H and O–H groups in total. The number of carbonyl (C=O) groups is 3. The number of rotatable bonds is 3. The van der Waals surface area contributed by atoms with Crippen LogP contribution in [0.5, 0.6) is 0 Å². The first-order valence-electron chi connectivity index (χ1n) is 9.68. The van der Waals surface area contributed by atoms with Crippen molar-refractivity contribution in [1.29, 1.82) is 0 Å². The fourth-order valence-electron chi connectivity index (χ4n) is 3.81. The Hall–Kier alpha value is -2.58. The zero-order chi connectivity index (χ0) is 19.1. The number of aromatic nitrogens is 2. The van der Waals surface area contributed by atoms with E-state index in [1.807, 2.05) is 18.7 Å². The van der Waals surface area contributed by atoms with E-state index in [0.29, 0.717) is 45.2 Å². The van der Waals surface area contributed by atoms with Crippen molar-refractivity contribution in [2.75, 3.05) is 50.7 Å². The average Bonchev–Trinajstić information content (AvgIpc) is 3.46. The van der Waals surface area contributed by atoms with Gasteiger partial charge in [0.25, 0.3) is 0 Å². The molecule has 4 amide bonds. The molecule has 1 aromatic rings. The minimum absolute atomic E-state index is 0.268. The summed E-state index contributed by atoms with van der Waals surface area (Å²) in [5.41, 5.74) is 1.16. The minimum atomic E-state index is -0.712. The highest BCUT2D eigenvalue weighted by Crippen LogP contribution is 2.40. The lowest BCUT2D eigenvalue weighted by Crippen LogP contribution is -2.61. The van der Waals surface area contributed by atoms with Crippen LogP contribution >= 0.6 is 0 Å². The molecule has 146 valence electrons. The minimum Gasteiger partial charge on any atom is -0.353 e. The summed E-state index contributed by atoms with van der Waals surface area (Å²) in [6.07, 6.45) is 2.44. The molecule has 9 heteroatoms. The van der Waals surface area contributed by atoms with Gasteiger partial charge in [-0.3, -0.25) is 19.2 Å². The number of carbonyl (C=O) groups excluding carboxylic acids is 3. The van der Waals surface area contributed by atoms with Crippen molar-refractivity contribution in [3.63, 3.8) is 0 Å². The summed E-state index contributed by atoms with van der Waals surface area (Å²) < 4.78 is 1.91. The van der Waals surface area contributed by atoms with Gasteiger partial charge in [0.2, 0.25) is 0 Å². The van der Waals surface area contributed by atoms with Crippen molar-refractivity contribution in [1.82, 2.24) is 24.5 Å². The largest absolute Gasteiger partial charge is 0.353 e. The summed E-state index contributed by atoms with van der Waals surface area (Å²) in [6.45, 7) is 5.42. The quantitative estimate of drug-likeness (QED) is 0.708. The maximum Gasteiger partial charge on any atom is 0.327 e. The monoisotopic (exact) mass is 374 g/mol. The highest BCUT2D eigenvalue weighted by Gasteiger charge is 2.38. The molecule has 3 fully saturated rings. The van der Waals surface area contributed by atoms with E-state index in [-0.39, 0.29) is 12.6 Å². The van der Waals surface area contributed by atoms with E-state index < -0.39 is 11.8 Å². The van der Waals surface area contributed by atoms with Gasteiger partial charge in [-0.05, 0) is 19.8 Å². The lowest BCUT2D eigenvalue weighted by Gasteiger charge is -2.39. The number of hydrogen-bond acceptors (Lipinski definition) is 5. The zero-order valence-electron chi connectivity index (χ0n) is 15.9. The Kier molecular flexibility index (Phi) is 4.53. The SMILES string of the molecule is CCN1CCN(C(=O)N2CCN(c3cc(C4CC4)nn3C)CC2)C(=O)C1=O. The molecule has 0 unspecified atom stereocenters. The van der Waals surface area contributed by atoms with Crippen molar-refractivity contribution in [2.24, 2.45) is 7.05 Å². The summed E-state index contributed by atoms with van der Waals surface area (Å²) in [6, 6.07) is 1.80. The number of hydrogen-bond donors (Lipinski definition) is 0. The van der Waals surface area contributed by atoms with Gasteiger partial charge in [0, 0.05) is 64.8 Å². The van der Waals surface area contributed by atoms with Crippen molar-refractivity contribution in [3.05, 3.63) is 11.8 Å². The Balaban J connectivity index is 1.37. The number of aryl methyl sites for hydroxylation is 1. The average molecular weight is 374 g/mol. The van der Waals surface area contributed by atoms with Crippen LogP contribution in [0.1, 0.15) is 31.4 Å². The van der Waals surface area contributed by atoms with E-state index in [1.165, 1.54) is 17.7 Å². The first-order chi connectivity index (χ1) is 13.0. The van der Waals surface area contributed by atoms with Crippen LogP contribution in [0.2, 0.25) is 0 Å². The van der Waals surface area contributed by atoms with Crippen LogP contribution in [0.4, 0.5) is 10.6 Å². The zero-order valence-corrected chi connectivity index (χ0v) is 15.9. The number of piperazine rings is 2. The van der Waals surface area contributed by atoms with Gasteiger partial charge in [0.15, 0.2) is 0 Å². The van der Waals surface area contributed by atoms with E-state index >= 15 is 0 Å². The van der Waals surface area contributed by atoms with Crippen molar-refractivity contribution in [2.45, 2.75) is 25.7 Å². The van der Waals surface area contributed by atoms with Crippen molar-refractivity contribution in [3.8, 4) is 0 Å². The molecule has 0 atom stereocenters. The maximum atomic E-state index is 12.7. The van der Waals surface area contributed by atoms with Gasteiger partial charge in [-0.1, -0.05) is 0 Å². The third kappa shape index (κ3) is 3.26. The third-order valence-corrected chi connectivity index (χ3v) is 5.67. The molecule has 27 heavy (non-hydrogen) atoms. The van der Waals surface area contributed by atoms with E-state index in [2.05, 4.69) is 16.1 Å². The van der Waals surface area contributed by atoms with Gasteiger partial charge in [0.05, 0.1) is 5.69 Å². The molecule has 2 saturated heterocycles.